The number of hydrogen-bond acceptors (Lipinski definition) is 2. The van der Waals surface area contributed by atoms with Crippen LogP contribution in [0, 0.1) is 5.92 Å². The van der Waals surface area contributed by atoms with E-state index in [0.717, 1.165) is 25.1 Å². The molecule has 1 saturated carbocycles. The molecule has 104 valence electrons. The van der Waals surface area contributed by atoms with Gasteiger partial charge in [-0.1, -0.05) is 31.9 Å². The smallest absolute Gasteiger partial charge is 0.223 e. The highest BCUT2D eigenvalue weighted by Crippen LogP contribution is 2.47. The van der Waals surface area contributed by atoms with Crippen LogP contribution < -0.4 is 10.1 Å². The van der Waals surface area contributed by atoms with Crippen molar-refractivity contribution >= 4 is 5.91 Å². The van der Waals surface area contributed by atoms with Gasteiger partial charge >= 0.3 is 0 Å². The lowest BCUT2D eigenvalue weighted by Gasteiger charge is -2.05. The third kappa shape index (κ3) is 3.72. The number of nitrogens with one attached hydrogen (secondary N) is 1. The summed E-state index contributed by atoms with van der Waals surface area (Å²) in [6.07, 6.45) is 4.44. The Hall–Kier alpha value is -1.51. The fourth-order valence-corrected chi connectivity index (χ4v) is 2.42. The molecule has 1 aliphatic rings. The predicted octanol–water partition coefficient (Wildman–Crippen LogP) is 3.11. The Morgan fingerprint density at radius 2 is 2.05 bits per heavy atom. The van der Waals surface area contributed by atoms with E-state index >= 15 is 0 Å². The van der Waals surface area contributed by atoms with Crippen molar-refractivity contribution in [1.82, 2.24) is 5.32 Å². The topological polar surface area (TPSA) is 38.3 Å². The van der Waals surface area contributed by atoms with Crippen molar-refractivity contribution in [2.24, 2.45) is 5.92 Å². The molecule has 1 N–H and O–H groups in total. The van der Waals surface area contributed by atoms with Crippen LogP contribution in [0.1, 0.15) is 44.1 Å². The first-order chi connectivity index (χ1) is 9.26. The number of benzene rings is 1. The van der Waals surface area contributed by atoms with Crippen LogP contribution >= 0.6 is 0 Å². The summed E-state index contributed by atoms with van der Waals surface area (Å²) in [5, 5.41) is 3.04. The summed E-state index contributed by atoms with van der Waals surface area (Å²) in [5.41, 5.74) is 1.24. The van der Waals surface area contributed by atoms with Gasteiger partial charge in [0.25, 0.3) is 0 Å². The van der Waals surface area contributed by atoms with Crippen LogP contribution in [0.25, 0.3) is 0 Å². The maximum Gasteiger partial charge on any atom is 0.223 e. The molecule has 0 heterocycles. The molecule has 19 heavy (non-hydrogen) atoms. The molecule has 1 aromatic rings. The highest BCUT2D eigenvalue weighted by molar-refractivity contribution is 5.82. The molecule has 0 aromatic heterocycles. The zero-order valence-electron chi connectivity index (χ0n) is 11.8. The van der Waals surface area contributed by atoms with E-state index < -0.39 is 0 Å². The van der Waals surface area contributed by atoms with Crippen molar-refractivity contribution in [3.63, 3.8) is 0 Å². The minimum Gasteiger partial charge on any atom is -0.497 e. The van der Waals surface area contributed by atoms with Crippen LogP contribution in [-0.2, 0) is 4.79 Å². The molecule has 1 aliphatic carbocycles. The van der Waals surface area contributed by atoms with Crippen molar-refractivity contribution in [1.29, 1.82) is 0 Å². The first kappa shape index (κ1) is 13.9. The summed E-state index contributed by atoms with van der Waals surface area (Å²) in [6, 6.07) is 8.05. The van der Waals surface area contributed by atoms with E-state index in [4.69, 9.17) is 4.74 Å². The van der Waals surface area contributed by atoms with E-state index in [1.165, 1.54) is 18.4 Å². The van der Waals surface area contributed by atoms with Crippen molar-refractivity contribution in [2.45, 2.75) is 38.5 Å². The first-order valence-corrected chi connectivity index (χ1v) is 7.18. The summed E-state index contributed by atoms with van der Waals surface area (Å²) in [5.74, 6) is 1.66. The van der Waals surface area contributed by atoms with Crippen LogP contribution in [0.4, 0.5) is 0 Å². The SMILES string of the molecule is CCCCCNC(=O)C1CC1c1ccc(OC)cc1. The zero-order valence-corrected chi connectivity index (χ0v) is 11.8. The Morgan fingerprint density at radius 1 is 1.32 bits per heavy atom. The third-order valence-electron chi connectivity index (χ3n) is 3.75. The van der Waals surface area contributed by atoms with Gasteiger partial charge in [0.1, 0.15) is 5.75 Å². The molecule has 1 aromatic carbocycles. The van der Waals surface area contributed by atoms with Crippen molar-refractivity contribution < 1.29 is 9.53 Å². The Morgan fingerprint density at radius 3 is 2.68 bits per heavy atom. The molecule has 0 bridgehead atoms. The van der Waals surface area contributed by atoms with Gasteiger partial charge in [-0.05, 0) is 36.5 Å². The lowest BCUT2D eigenvalue weighted by Crippen LogP contribution is -2.26. The van der Waals surface area contributed by atoms with Gasteiger partial charge in [-0.15, -0.1) is 0 Å². The molecule has 3 heteroatoms. The van der Waals surface area contributed by atoms with E-state index in [0.29, 0.717) is 5.92 Å². The largest absolute Gasteiger partial charge is 0.497 e. The Bertz CT molecular complexity index is 413. The van der Waals surface area contributed by atoms with Gasteiger partial charge in [0.2, 0.25) is 5.91 Å². The minimum absolute atomic E-state index is 0.176. The van der Waals surface area contributed by atoms with Crippen molar-refractivity contribution in [3.8, 4) is 5.75 Å². The normalized spacial score (nSPS) is 20.9. The molecule has 1 fully saturated rings. The molecular weight excluding hydrogens is 238 g/mol. The summed E-state index contributed by atoms with van der Waals surface area (Å²) in [7, 11) is 1.67. The summed E-state index contributed by atoms with van der Waals surface area (Å²) >= 11 is 0. The maximum atomic E-state index is 11.9. The lowest BCUT2D eigenvalue weighted by molar-refractivity contribution is -0.122. The molecule has 1 amide bonds. The molecule has 0 radical (unpaired) electrons. The van der Waals surface area contributed by atoms with Gasteiger partial charge in [0, 0.05) is 12.5 Å². The van der Waals surface area contributed by atoms with Gasteiger partial charge in [-0.25, -0.2) is 0 Å². The van der Waals surface area contributed by atoms with E-state index in [1.54, 1.807) is 7.11 Å². The molecule has 0 saturated heterocycles. The van der Waals surface area contributed by atoms with E-state index in [2.05, 4.69) is 24.4 Å². The van der Waals surface area contributed by atoms with E-state index in [1.807, 2.05) is 12.1 Å². The highest BCUT2D eigenvalue weighted by Gasteiger charge is 2.43. The molecule has 0 spiro atoms. The predicted molar refractivity (Wildman–Crippen MR) is 76.4 cm³/mol. The third-order valence-corrected chi connectivity index (χ3v) is 3.75. The van der Waals surface area contributed by atoms with Gasteiger partial charge in [0.15, 0.2) is 0 Å². The zero-order chi connectivity index (χ0) is 13.7. The summed E-state index contributed by atoms with van der Waals surface area (Å²) < 4.78 is 5.14. The average Bonchev–Trinajstić information content (AvgIpc) is 3.24. The number of amides is 1. The monoisotopic (exact) mass is 261 g/mol. The molecule has 2 atom stereocenters. The fraction of sp³-hybridized carbons (Fsp3) is 0.562. The molecular formula is C16H23NO2. The number of unbranched alkanes of at least 4 members (excludes halogenated alkanes) is 2. The number of carbonyl (C=O) groups excluding carboxylic acids is 1. The molecule has 3 nitrogen and oxygen atoms in total. The van der Waals surface area contributed by atoms with Gasteiger partial charge in [-0.3, -0.25) is 4.79 Å². The van der Waals surface area contributed by atoms with E-state index in [-0.39, 0.29) is 11.8 Å². The van der Waals surface area contributed by atoms with Crippen molar-refractivity contribution in [2.75, 3.05) is 13.7 Å². The number of carbonyl (C=O) groups is 1. The van der Waals surface area contributed by atoms with Gasteiger partial charge in [0.05, 0.1) is 7.11 Å². The van der Waals surface area contributed by atoms with Crippen LogP contribution in [0.5, 0.6) is 5.75 Å². The quantitative estimate of drug-likeness (QED) is 0.766. The first-order valence-electron chi connectivity index (χ1n) is 7.18. The van der Waals surface area contributed by atoms with Gasteiger partial charge < -0.3 is 10.1 Å². The van der Waals surface area contributed by atoms with E-state index in [9.17, 15) is 4.79 Å². The van der Waals surface area contributed by atoms with Crippen LogP contribution in [-0.4, -0.2) is 19.6 Å². The second-order valence-electron chi connectivity index (χ2n) is 5.22. The molecule has 2 unspecified atom stereocenters. The second kappa shape index (κ2) is 6.60. The second-order valence-corrected chi connectivity index (χ2v) is 5.22. The van der Waals surface area contributed by atoms with Crippen LogP contribution in [0.2, 0.25) is 0 Å². The summed E-state index contributed by atoms with van der Waals surface area (Å²) in [4.78, 5) is 11.9. The van der Waals surface area contributed by atoms with Crippen LogP contribution in [0.3, 0.4) is 0 Å². The van der Waals surface area contributed by atoms with Crippen molar-refractivity contribution in [3.05, 3.63) is 29.8 Å². The van der Waals surface area contributed by atoms with Gasteiger partial charge in [-0.2, -0.15) is 0 Å². The number of methoxy groups -OCH3 is 1. The molecule has 0 aliphatic heterocycles. The standard InChI is InChI=1S/C16H23NO2/c1-3-4-5-10-17-16(18)15-11-14(15)12-6-8-13(19-2)9-7-12/h6-9,14-15H,3-5,10-11H2,1-2H3,(H,17,18). The van der Waals surface area contributed by atoms with Crippen LogP contribution in [0.15, 0.2) is 24.3 Å². The Labute approximate surface area is 115 Å². The number of hydrogen-bond donors (Lipinski definition) is 1. The number of ether oxygens (including phenoxy) is 1. The molecule has 2 rings (SSSR count). The lowest BCUT2D eigenvalue weighted by atomic mass is 10.1. The number of rotatable bonds is 7. The highest BCUT2D eigenvalue weighted by atomic mass is 16.5. The maximum absolute atomic E-state index is 11.9. The minimum atomic E-state index is 0.176. The Kier molecular flexibility index (Phi) is 4.83. The summed E-state index contributed by atoms with van der Waals surface area (Å²) in [6.45, 7) is 2.99. The fourth-order valence-electron chi connectivity index (χ4n) is 2.42. The average molecular weight is 261 g/mol. The Balaban J connectivity index is 1.77.